The summed E-state index contributed by atoms with van der Waals surface area (Å²) in [5.41, 5.74) is 0. The smallest absolute Gasteiger partial charge is 0.395 e. The lowest BCUT2D eigenvalue weighted by Gasteiger charge is -2.22. The first-order chi connectivity index (χ1) is 7.23. The van der Waals surface area contributed by atoms with E-state index in [9.17, 15) is 21.6 Å². The van der Waals surface area contributed by atoms with Crippen molar-refractivity contribution in [1.82, 2.24) is 9.62 Å². The Morgan fingerprint density at radius 1 is 1.38 bits per heavy atom. The normalized spacial score (nSPS) is 13.4. The van der Waals surface area contributed by atoms with E-state index in [0.29, 0.717) is 0 Å². The average Bonchev–Trinajstić information content (AvgIpc) is 2.12. The van der Waals surface area contributed by atoms with Gasteiger partial charge in [0.2, 0.25) is 10.0 Å². The van der Waals surface area contributed by atoms with Gasteiger partial charge < -0.3 is 10.4 Å². The van der Waals surface area contributed by atoms with Gasteiger partial charge in [0.05, 0.1) is 12.4 Å². The van der Waals surface area contributed by atoms with Gasteiger partial charge in [-0.05, 0) is 7.05 Å². The van der Waals surface area contributed by atoms with Crippen molar-refractivity contribution >= 4 is 10.0 Å². The molecule has 0 amide bonds. The Balaban J connectivity index is 4.63. The minimum Gasteiger partial charge on any atom is -0.395 e. The number of halogens is 3. The van der Waals surface area contributed by atoms with Gasteiger partial charge in [-0.15, -0.1) is 0 Å². The van der Waals surface area contributed by atoms with Crippen LogP contribution in [-0.4, -0.2) is 63.0 Å². The van der Waals surface area contributed by atoms with Gasteiger partial charge in [-0.2, -0.15) is 17.5 Å². The monoisotopic (exact) mass is 264 g/mol. The van der Waals surface area contributed by atoms with Gasteiger partial charge in [0.25, 0.3) is 0 Å². The first-order valence-corrected chi connectivity index (χ1v) is 6.14. The van der Waals surface area contributed by atoms with Crippen LogP contribution in [0.25, 0.3) is 0 Å². The van der Waals surface area contributed by atoms with E-state index < -0.39 is 41.6 Å². The number of aliphatic hydroxyl groups is 1. The summed E-state index contributed by atoms with van der Waals surface area (Å²) in [6.07, 6.45) is -4.61. The molecule has 0 aliphatic rings. The Bertz CT molecular complexity index is 292. The molecule has 9 heteroatoms. The number of hydrogen-bond donors (Lipinski definition) is 2. The molecule has 0 aliphatic carbocycles. The van der Waals surface area contributed by atoms with Crippen LogP contribution in [0.3, 0.4) is 0 Å². The molecule has 0 aromatic carbocycles. The zero-order valence-corrected chi connectivity index (χ0v) is 9.61. The summed E-state index contributed by atoms with van der Waals surface area (Å²) in [7, 11) is -2.49. The maximum atomic E-state index is 12.1. The van der Waals surface area contributed by atoms with Gasteiger partial charge >= 0.3 is 6.18 Å². The fourth-order valence-electron chi connectivity index (χ4n) is 0.988. The molecule has 0 fully saturated rings. The molecule has 0 heterocycles. The largest absolute Gasteiger partial charge is 0.402 e. The van der Waals surface area contributed by atoms with Crippen molar-refractivity contribution in [3.05, 3.63) is 0 Å². The SMILES string of the molecule is CNCCS(=O)(=O)N(CCO)CC(F)(F)F. The molecule has 0 aliphatic heterocycles. The lowest BCUT2D eigenvalue weighted by molar-refractivity contribution is -0.136. The predicted molar refractivity (Wildman–Crippen MR) is 52.4 cm³/mol. The molecule has 16 heavy (non-hydrogen) atoms. The Morgan fingerprint density at radius 3 is 2.31 bits per heavy atom. The van der Waals surface area contributed by atoms with Crippen LogP contribution < -0.4 is 5.32 Å². The fourth-order valence-corrected chi connectivity index (χ4v) is 2.41. The van der Waals surface area contributed by atoms with Gasteiger partial charge in [0, 0.05) is 13.1 Å². The van der Waals surface area contributed by atoms with E-state index in [1.165, 1.54) is 7.05 Å². The third kappa shape index (κ3) is 6.26. The first-order valence-electron chi connectivity index (χ1n) is 4.53. The zero-order chi connectivity index (χ0) is 12.8. The molecule has 0 aromatic rings. The molecule has 0 atom stereocenters. The second-order valence-electron chi connectivity index (χ2n) is 3.09. The van der Waals surface area contributed by atoms with Crippen molar-refractivity contribution in [2.45, 2.75) is 6.18 Å². The minimum absolute atomic E-state index is 0.0577. The van der Waals surface area contributed by atoms with Crippen LogP contribution in [0.4, 0.5) is 13.2 Å². The van der Waals surface area contributed by atoms with Crippen molar-refractivity contribution in [3.8, 4) is 0 Å². The number of rotatable bonds is 7. The summed E-state index contributed by atoms with van der Waals surface area (Å²) in [5, 5.41) is 11.1. The Hall–Kier alpha value is -0.380. The average molecular weight is 264 g/mol. The third-order valence-corrected chi connectivity index (χ3v) is 3.53. The third-order valence-electron chi connectivity index (χ3n) is 1.71. The highest BCUT2D eigenvalue weighted by molar-refractivity contribution is 7.89. The molecule has 0 radical (unpaired) electrons. The van der Waals surface area contributed by atoms with Gasteiger partial charge in [-0.3, -0.25) is 0 Å². The molecule has 0 bridgehead atoms. The van der Waals surface area contributed by atoms with E-state index in [-0.39, 0.29) is 10.8 Å². The molecular formula is C7H15F3N2O3S. The zero-order valence-electron chi connectivity index (χ0n) is 8.79. The number of hydrogen-bond acceptors (Lipinski definition) is 4. The lowest BCUT2D eigenvalue weighted by atomic mass is 10.6. The molecule has 0 rings (SSSR count). The molecule has 5 nitrogen and oxygen atoms in total. The van der Waals surface area contributed by atoms with E-state index in [2.05, 4.69) is 5.32 Å². The van der Waals surface area contributed by atoms with Crippen molar-refractivity contribution in [2.75, 3.05) is 39.0 Å². The molecule has 2 N–H and O–H groups in total. The van der Waals surface area contributed by atoms with Crippen LogP contribution in [0.15, 0.2) is 0 Å². The molecule has 0 aromatic heterocycles. The second kappa shape index (κ2) is 6.38. The van der Waals surface area contributed by atoms with Crippen molar-refractivity contribution in [2.24, 2.45) is 0 Å². The van der Waals surface area contributed by atoms with Gasteiger partial charge in [0.1, 0.15) is 6.54 Å². The van der Waals surface area contributed by atoms with Crippen LogP contribution in [0.1, 0.15) is 0 Å². The standard InChI is InChI=1S/C7H15F3N2O3S/c1-11-2-5-16(14,15)12(3-4-13)6-7(8,9)10/h11,13H,2-6H2,1H3. The van der Waals surface area contributed by atoms with Crippen molar-refractivity contribution in [3.63, 3.8) is 0 Å². The molecule has 0 unspecified atom stereocenters. The summed E-state index contributed by atoms with van der Waals surface area (Å²) in [6, 6.07) is 0. The van der Waals surface area contributed by atoms with Crippen LogP contribution in [0.5, 0.6) is 0 Å². The first kappa shape index (κ1) is 15.6. The number of alkyl halides is 3. The highest BCUT2D eigenvalue weighted by Gasteiger charge is 2.35. The second-order valence-corrected chi connectivity index (χ2v) is 5.18. The van der Waals surface area contributed by atoms with Crippen LogP contribution in [-0.2, 0) is 10.0 Å². The van der Waals surface area contributed by atoms with E-state index in [1.807, 2.05) is 0 Å². The summed E-state index contributed by atoms with van der Waals surface area (Å²) < 4.78 is 59.3. The molecule has 0 saturated carbocycles. The van der Waals surface area contributed by atoms with Crippen molar-refractivity contribution in [1.29, 1.82) is 0 Å². The van der Waals surface area contributed by atoms with Gasteiger partial charge in [0.15, 0.2) is 0 Å². The predicted octanol–water partition coefficient (Wildman–Crippen LogP) is -0.608. The summed E-state index contributed by atoms with van der Waals surface area (Å²) >= 11 is 0. The molecular weight excluding hydrogens is 249 g/mol. The maximum Gasteiger partial charge on any atom is 0.402 e. The minimum atomic E-state index is -4.61. The number of nitrogens with one attached hydrogen (secondary N) is 1. The lowest BCUT2D eigenvalue weighted by Crippen LogP contribution is -2.43. The quantitative estimate of drug-likeness (QED) is 0.644. The fraction of sp³-hybridized carbons (Fsp3) is 1.00. The summed E-state index contributed by atoms with van der Waals surface area (Å²) in [5.74, 6) is -0.431. The summed E-state index contributed by atoms with van der Waals surface area (Å²) in [4.78, 5) is 0. The topological polar surface area (TPSA) is 69.6 Å². The number of nitrogens with zero attached hydrogens (tertiary/aromatic N) is 1. The Labute approximate surface area is 92.3 Å². The Kier molecular flexibility index (Phi) is 6.23. The Morgan fingerprint density at radius 2 is 1.94 bits per heavy atom. The van der Waals surface area contributed by atoms with Gasteiger partial charge in [-0.25, -0.2) is 8.42 Å². The highest BCUT2D eigenvalue weighted by Crippen LogP contribution is 2.18. The summed E-state index contributed by atoms with van der Waals surface area (Å²) in [6.45, 7) is -2.71. The molecule has 0 saturated heterocycles. The van der Waals surface area contributed by atoms with E-state index in [1.54, 1.807) is 0 Å². The number of aliphatic hydroxyl groups excluding tert-OH is 1. The van der Waals surface area contributed by atoms with Crippen LogP contribution in [0, 0.1) is 0 Å². The number of sulfonamides is 1. The van der Waals surface area contributed by atoms with E-state index in [4.69, 9.17) is 5.11 Å². The van der Waals surface area contributed by atoms with Crippen LogP contribution in [0.2, 0.25) is 0 Å². The molecule has 0 spiro atoms. The highest BCUT2D eigenvalue weighted by atomic mass is 32.2. The van der Waals surface area contributed by atoms with E-state index >= 15 is 0 Å². The maximum absolute atomic E-state index is 12.1. The van der Waals surface area contributed by atoms with Crippen molar-refractivity contribution < 1.29 is 26.7 Å². The van der Waals surface area contributed by atoms with Gasteiger partial charge in [-0.1, -0.05) is 0 Å². The molecule has 98 valence electrons. The van der Waals surface area contributed by atoms with E-state index in [0.717, 1.165) is 0 Å². The van der Waals surface area contributed by atoms with Crippen LogP contribution >= 0.6 is 0 Å².